The quantitative estimate of drug-likeness (QED) is 0.476. The molecular weight excluding hydrogens is 374 g/mol. The molecule has 0 aliphatic carbocycles. The van der Waals surface area contributed by atoms with Gasteiger partial charge in [0.2, 0.25) is 0 Å². The van der Waals surface area contributed by atoms with Crippen molar-refractivity contribution in [3.8, 4) is 0 Å². The lowest BCUT2D eigenvalue weighted by atomic mass is 10.1. The number of ketones is 1. The van der Waals surface area contributed by atoms with Gasteiger partial charge in [-0.3, -0.25) is 24.1 Å². The number of aromatic nitrogens is 1. The molecular formula is C18H14ClN3O5. The van der Waals surface area contributed by atoms with E-state index in [4.69, 9.17) is 16.3 Å². The number of carbonyl (C=O) groups is 4. The van der Waals surface area contributed by atoms with Crippen LogP contribution >= 0.6 is 11.6 Å². The van der Waals surface area contributed by atoms with Gasteiger partial charge in [0.05, 0.1) is 16.9 Å². The van der Waals surface area contributed by atoms with Gasteiger partial charge < -0.3 is 10.1 Å². The lowest BCUT2D eigenvalue weighted by Gasteiger charge is -2.18. The number of amides is 2. The number of fused-ring (bicyclic) bond motifs is 1. The van der Waals surface area contributed by atoms with Crippen LogP contribution in [0.3, 0.4) is 0 Å². The van der Waals surface area contributed by atoms with E-state index in [1.165, 1.54) is 19.2 Å². The summed E-state index contributed by atoms with van der Waals surface area (Å²) in [5.41, 5.74) is 0.845. The smallest absolute Gasteiger partial charge is 0.326 e. The van der Waals surface area contributed by atoms with Crippen molar-refractivity contribution in [2.75, 3.05) is 16.8 Å². The summed E-state index contributed by atoms with van der Waals surface area (Å²) in [4.78, 5) is 53.1. The molecule has 0 spiro atoms. The van der Waals surface area contributed by atoms with Crippen molar-refractivity contribution in [1.82, 2.24) is 4.98 Å². The number of nitrogens with zero attached hydrogens (tertiary/aromatic N) is 2. The molecule has 0 bridgehead atoms. The largest absolute Gasteiger partial charge is 0.451 e. The van der Waals surface area contributed by atoms with Crippen molar-refractivity contribution in [2.45, 2.75) is 13.0 Å². The van der Waals surface area contributed by atoms with Crippen LogP contribution in [0.15, 0.2) is 42.6 Å². The van der Waals surface area contributed by atoms with Crippen LogP contribution in [0, 0.1) is 0 Å². The fraction of sp³-hybridized carbons (Fsp3) is 0.167. The number of hydrogen-bond acceptors (Lipinski definition) is 6. The van der Waals surface area contributed by atoms with E-state index in [-0.39, 0.29) is 16.4 Å². The summed E-state index contributed by atoms with van der Waals surface area (Å²) in [5, 5.41) is 2.59. The second-order valence-electron chi connectivity index (χ2n) is 5.70. The maximum atomic E-state index is 12.1. The minimum atomic E-state index is -1.14. The van der Waals surface area contributed by atoms with Gasteiger partial charge in [0.15, 0.2) is 11.3 Å². The Balaban J connectivity index is 1.62. The molecule has 1 N–H and O–H groups in total. The standard InChI is InChI=1S/C18H14ClN3O5/c1-10(17(25)21-12-6-4-8-20-16(12)19)27-14(23)9-22-13-7-3-2-5-11(13)15(24)18(22)26/h2-8,10H,9H2,1H3,(H,21,25)/t10-/m1/s1. The molecule has 0 unspecified atom stereocenters. The Labute approximate surface area is 159 Å². The fourth-order valence-electron chi connectivity index (χ4n) is 2.54. The molecule has 0 fully saturated rings. The maximum Gasteiger partial charge on any atom is 0.326 e. The molecule has 1 aromatic carbocycles. The van der Waals surface area contributed by atoms with Crippen LogP contribution in [0.25, 0.3) is 0 Å². The number of anilines is 2. The maximum absolute atomic E-state index is 12.1. The second kappa shape index (κ2) is 7.55. The van der Waals surface area contributed by atoms with Crippen LogP contribution < -0.4 is 10.2 Å². The van der Waals surface area contributed by atoms with Crippen LogP contribution in [0.5, 0.6) is 0 Å². The summed E-state index contributed by atoms with van der Waals surface area (Å²) >= 11 is 5.86. The van der Waals surface area contributed by atoms with Crippen molar-refractivity contribution in [3.63, 3.8) is 0 Å². The average Bonchev–Trinajstić information content (AvgIpc) is 2.89. The van der Waals surface area contributed by atoms with Crippen LogP contribution in [-0.2, 0) is 19.1 Å². The number of para-hydroxylation sites is 1. The Bertz CT molecular complexity index is 946. The summed E-state index contributed by atoms with van der Waals surface area (Å²) < 4.78 is 5.07. The zero-order valence-electron chi connectivity index (χ0n) is 14.1. The minimum absolute atomic E-state index is 0.0992. The fourth-order valence-corrected chi connectivity index (χ4v) is 2.70. The Hall–Kier alpha value is -3.26. The molecule has 9 heteroatoms. The highest BCUT2D eigenvalue weighted by Gasteiger charge is 2.37. The van der Waals surface area contributed by atoms with Gasteiger partial charge in [-0.05, 0) is 31.2 Å². The number of carbonyl (C=O) groups excluding carboxylic acids is 4. The number of halogens is 1. The third-order valence-corrected chi connectivity index (χ3v) is 4.16. The van der Waals surface area contributed by atoms with Gasteiger partial charge in [-0.2, -0.15) is 0 Å². The molecule has 27 heavy (non-hydrogen) atoms. The molecule has 1 aliphatic rings. The number of esters is 1. The van der Waals surface area contributed by atoms with E-state index in [0.717, 1.165) is 4.90 Å². The van der Waals surface area contributed by atoms with E-state index < -0.39 is 36.2 Å². The van der Waals surface area contributed by atoms with Crippen LogP contribution in [0.1, 0.15) is 17.3 Å². The van der Waals surface area contributed by atoms with Gasteiger partial charge in [0.25, 0.3) is 17.6 Å². The van der Waals surface area contributed by atoms with E-state index >= 15 is 0 Å². The average molecular weight is 388 g/mol. The molecule has 3 rings (SSSR count). The molecule has 0 radical (unpaired) electrons. The third-order valence-electron chi connectivity index (χ3n) is 3.86. The van der Waals surface area contributed by atoms with Gasteiger partial charge in [0, 0.05) is 6.20 Å². The summed E-state index contributed by atoms with van der Waals surface area (Å²) in [7, 11) is 0. The molecule has 138 valence electrons. The van der Waals surface area contributed by atoms with Crippen molar-refractivity contribution in [2.24, 2.45) is 0 Å². The minimum Gasteiger partial charge on any atom is -0.451 e. The van der Waals surface area contributed by atoms with Crippen LogP contribution in [0.4, 0.5) is 11.4 Å². The van der Waals surface area contributed by atoms with Crippen molar-refractivity contribution < 1.29 is 23.9 Å². The van der Waals surface area contributed by atoms with Gasteiger partial charge >= 0.3 is 5.97 Å². The zero-order chi connectivity index (χ0) is 19.6. The highest BCUT2D eigenvalue weighted by Crippen LogP contribution is 2.28. The number of rotatable bonds is 5. The predicted octanol–water partition coefficient (Wildman–Crippen LogP) is 1.83. The van der Waals surface area contributed by atoms with Gasteiger partial charge in [-0.15, -0.1) is 0 Å². The van der Waals surface area contributed by atoms with E-state index in [0.29, 0.717) is 5.69 Å². The number of hydrogen-bond donors (Lipinski definition) is 1. The molecule has 2 amide bonds. The molecule has 1 aliphatic heterocycles. The highest BCUT2D eigenvalue weighted by atomic mass is 35.5. The Kier molecular flexibility index (Phi) is 5.18. The van der Waals surface area contributed by atoms with Crippen molar-refractivity contribution >= 4 is 46.5 Å². The first-order valence-electron chi connectivity index (χ1n) is 7.94. The molecule has 1 atom stereocenters. The number of Topliss-reactive ketones (excluding diaryl/α,β-unsaturated/α-hetero) is 1. The van der Waals surface area contributed by atoms with E-state index in [1.54, 1.807) is 30.3 Å². The summed E-state index contributed by atoms with van der Waals surface area (Å²) in [6.45, 7) is 0.898. The van der Waals surface area contributed by atoms with E-state index in [1.807, 2.05) is 0 Å². The summed E-state index contributed by atoms with van der Waals surface area (Å²) in [6.07, 6.45) is 0.325. The molecule has 2 aromatic rings. The molecule has 0 saturated heterocycles. The van der Waals surface area contributed by atoms with E-state index in [9.17, 15) is 19.2 Å². The number of nitrogens with one attached hydrogen (secondary N) is 1. The predicted molar refractivity (Wildman–Crippen MR) is 96.6 cm³/mol. The first-order valence-corrected chi connectivity index (χ1v) is 8.32. The summed E-state index contributed by atoms with van der Waals surface area (Å²) in [5.74, 6) is -2.93. The Morgan fingerprint density at radius 3 is 2.70 bits per heavy atom. The Morgan fingerprint density at radius 2 is 1.96 bits per heavy atom. The van der Waals surface area contributed by atoms with Crippen LogP contribution in [-0.4, -0.2) is 41.2 Å². The highest BCUT2D eigenvalue weighted by molar-refractivity contribution is 6.52. The van der Waals surface area contributed by atoms with Crippen molar-refractivity contribution in [3.05, 3.63) is 53.3 Å². The summed E-state index contributed by atoms with van der Waals surface area (Å²) in [6, 6.07) is 9.48. The van der Waals surface area contributed by atoms with Gasteiger partial charge in [-0.1, -0.05) is 23.7 Å². The number of benzene rings is 1. The molecule has 2 heterocycles. The molecule has 8 nitrogen and oxygen atoms in total. The zero-order valence-corrected chi connectivity index (χ0v) is 14.9. The first-order chi connectivity index (χ1) is 12.9. The monoisotopic (exact) mass is 387 g/mol. The van der Waals surface area contributed by atoms with Gasteiger partial charge in [-0.25, -0.2) is 4.98 Å². The normalized spacial score (nSPS) is 13.9. The first kappa shape index (κ1) is 18.5. The van der Waals surface area contributed by atoms with Crippen molar-refractivity contribution in [1.29, 1.82) is 0 Å². The number of ether oxygens (including phenoxy) is 1. The van der Waals surface area contributed by atoms with E-state index in [2.05, 4.69) is 10.3 Å². The van der Waals surface area contributed by atoms with Crippen LogP contribution in [0.2, 0.25) is 5.15 Å². The topological polar surface area (TPSA) is 106 Å². The molecule has 1 aromatic heterocycles. The Morgan fingerprint density at radius 1 is 1.22 bits per heavy atom. The third kappa shape index (κ3) is 3.80. The van der Waals surface area contributed by atoms with Gasteiger partial charge in [0.1, 0.15) is 6.54 Å². The lowest BCUT2D eigenvalue weighted by molar-refractivity contribution is -0.152. The molecule has 0 saturated carbocycles. The SMILES string of the molecule is C[C@@H](OC(=O)CN1C(=O)C(=O)c2ccccc21)C(=O)Nc1cccnc1Cl. The lowest BCUT2D eigenvalue weighted by Crippen LogP contribution is -2.38. The second-order valence-corrected chi connectivity index (χ2v) is 6.06. The number of pyridine rings is 1.